The molecule has 0 saturated carbocycles. The van der Waals surface area contributed by atoms with E-state index in [0.717, 1.165) is 5.56 Å². The molecule has 1 amide bonds. The van der Waals surface area contributed by atoms with Crippen molar-refractivity contribution >= 4 is 5.91 Å². The Kier molecular flexibility index (Phi) is 4.35. The van der Waals surface area contributed by atoms with Crippen LogP contribution in [0.5, 0.6) is 5.75 Å². The largest absolute Gasteiger partial charge is 0.497 e. The first-order chi connectivity index (χ1) is 9.60. The molecule has 2 rings (SSSR count). The lowest BCUT2D eigenvalue weighted by Crippen LogP contribution is -2.26. The highest BCUT2D eigenvalue weighted by molar-refractivity contribution is 5.94. The number of benzene rings is 2. The number of rotatable bonds is 4. The Bertz CT molecular complexity index is 596. The molecular weight excluding hydrogens is 257 g/mol. The third kappa shape index (κ3) is 3.35. The molecule has 4 heteroatoms. The summed E-state index contributed by atoms with van der Waals surface area (Å²) in [4.78, 5) is 13.8. The zero-order valence-electron chi connectivity index (χ0n) is 11.5. The van der Waals surface area contributed by atoms with Gasteiger partial charge in [-0.1, -0.05) is 12.1 Å². The molecule has 0 spiro atoms. The maximum atomic E-state index is 13.1. The second kappa shape index (κ2) is 6.19. The number of halogens is 1. The van der Waals surface area contributed by atoms with Gasteiger partial charge in [-0.15, -0.1) is 0 Å². The van der Waals surface area contributed by atoms with Crippen molar-refractivity contribution in [1.29, 1.82) is 0 Å². The molecule has 0 saturated heterocycles. The number of nitrogens with zero attached hydrogens (tertiary/aromatic N) is 1. The third-order valence-corrected chi connectivity index (χ3v) is 2.99. The first-order valence-electron chi connectivity index (χ1n) is 6.24. The van der Waals surface area contributed by atoms with Crippen LogP contribution < -0.4 is 4.74 Å². The fourth-order valence-electron chi connectivity index (χ4n) is 1.93. The average Bonchev–Trinajstić information content (AvgIpc) is 2.46. The van der Waals surface area contributed by atoms with Crippen molar-refractivity contribution < 1.29 is 13.9 Å². The van der Waals surface area contributed by atoms with Gasteiger partial charge in [0.05, 0.1) is 7.11 Å². The Labute approximate surface area is 117 Å². The van der Waals surface area contributed by atoms with E-state index in [1.54, 1.807) is 55.5 Å². The molecule has 3 nitrogen and oxygen atoms in total. The number of carbonyl (C=O) groups excluding carboxylic acids is 1. The maximum Gasteiger partial charge on any atom is 0.253 e. The summed E-state index contributed by atoms with van der Waals surface area (Å²) in [5.74, 6) is 0.291. The summed E-state index contributed by atoms with van der Waals surface area (Å²) in [5, 5.41) is 0. The highest BCUT2D eigenvalue weighted by Gasteiger charge is 2.12. The fraction of sp³-hybridized carbons (Fsp3) is 0.188. The average molecular weight is 273 g/mol. The number of methoxy groups -OCH3 is 1. The second-order valence-corrected chi connectivity index (χ2v) is 4.52. The first-order valence-corrected chi connectivity index (χ1v) is 6.24. The van der Waals surface area contributed by atoms with Gasteiger partial charge >= 0.3 is 0 Å². The standard InChI is InChI=1S/C16H16FNO2/c1-18(11-12-4-3-5-14(17)10-12)16(19)13-6-8-15(20-2)9-7-13/h3-10H,11H2,1-2H3. The number of hydrogen-bond donors (Lipinski definition) is 0. The molecule has 0 unspecified atom stereocenters. The quantitative estimate of drug-likeness (QED) is 0.856. The summed E-state index contributed by atoms with van der Waals surface area (Å²) >= 11 is 0. The summed E-state index contributed by atoms with van der Waals surface area (Å²) in [5.41, 5.74) is 1.33. The smallest absolute Gasteiger partial charge is 0.253 e. The van der Waals surface area contributed by atoms with Crippen molar-refractivity contribution in [3.8, 4) is 5.75 Å². The number of carbonyl (C=O) groups is 1. The summed E-state index contributed by atoms with van der Waals surface area (Å²) in [6, 6.07) is 13.1. The minimum Gasteiger partial charge on any atom is -0.497 e. The van der Waals surface area contributed by atoms with Crippen molar-refractivity contribution in [1.82, 2.24) is 4.90 Å². The Morgan fingerprint density at radius 3 is 2.50 bits per heavy atom. The van der Waals surface area contributed by atoms with Gasteiger partial charge in [-0.25, -0.2) is 4.39 Å². The summed E-state index contributed by atoms with van der Waals surface area (Å²) in [6.07, 6.45) is 0. The van der Waals surface area contributed by atoms with E-state index >= 15 is 0 Å². The Balaban J connectivity index is 2.07. The van der Waals surface area contributed by atoms with Gasteiger partial charge in [0.1, 0.15) is 11.6 Å². The van der Waals surface area contributed by atoms with Crippen LogP contribution in [0, 0.1) is 5.82 Å². The van der Waals surface area contributed by atoms with E-state index in [0.29, 0.717) is 17.9 Å². The molecule has 0 aliphatic rings. The van der Waals surface area contributed by atoms with E-state index in [4.69, 9.17) is 4.74 Å². The predicted molar refractivity (Wildman–Crippen MR) is 75.2 cm³/mol. The number of amides is 1. The third-order valence-electron chi connectivity index (χ3n) is 2.99. The first kappa shape index (κ1) is 14.1. The van der Waals surface area contributed by atoms with Crippen LogP contribution >= 0.6 is 0 Å². The lowest BCUT2D eigenvalue weighted by atomic mass is 10.1. The van der Waals surface area contributed by atoms with Gasteiger partial charge < -0.3 is 9.64 Å². The molecule has 0 fully saturated rings. The van der Waals surface area contributed by atoms with Crippen LogP contribution in [0.4, 0.5) is 4.39 Å². The van der Waals surface area contributed by atoms with E-state index in [-0.39, 0.29) is 11.7 Å². The molecule has 104 valence electrons. The molecular formula is C16H16FNO2. The molecule has 0 bridgehead atoms. The van der Waals surface area contributed by atoms with Crippen LogP contribution in [0.25, 0.3) is 0 Å². The molecule has 0 atom stereocenters. The highest BCUT2D eigenvalue weighted by Crippen LogP contribution is 2.14. The minimum absolute atomic E-state index is 0.114. The lowest BCUT2D eigenvalue weighted by molar-refractivity contribution is 0.0785. The number of ether oxygens (including phenoxy) is 1. The second-order valence-electron chi connectivity index (χ2n) is 4.52. The van der Waals surface area contributed by atoms with Crippen LogP contribution in [-0.2, 0) is 6.54 Å². The molecule has 2 aromatic rings. The Morgan fingerprint density at radius 1 is 1.20 bits per heavy atom. The molecule has 0 heterocycles. The van der Waals surface area contributed by atoms with Crippen molar-refractivity contribution in [3.63, 3.8) is 0 Å². The maximum absolute atomic E-state index is 13.1. The molecule has 2 aromatic carbocycles. The molecule has 0 N–H and O–H groups in total. The highest BCUT2D eigenvalue weighted by atomic mass is 19.1. The summed E-state index contributed by atoms with van der Waals surface area (Å²) in [7, 11) is 3.27. The van der Waals surface area contributed by atoms with Gasteiger partial charge in [-0.05, 0) is 42.0 Å². The van der Waals surface area contributed by atoms with Crippen LogP contribution in [0.15, 0.2) is 48.5 Å². The van der Waals surface area contributed by atoms with Gasteiger partial charge in [0.15, 0.2) is 0 Å². The summed E-state index contributed by atoms with van der Waals surface area (Å²) in [6.45, 7) is 0.364. The van der Waals surface area contributed by atoms with Gasteiger partial charge in [0, 0.05) is 19.2 Å². The molecule has 0 radical (unpaired) electrons. The van der Waals surface area contributed by atoms with E-state index in [1.165, 1.54) is 12.1 Å². The monoisotopic (exact) mass is 273 g/mol. The summed E-state index contributed by atoms with van der Waals surface area (Å²) < 4.78 is 18.2. The zero-order valence-corrected chi connectivity index (χ0v) is 11.5. The van der Waals surface area contributed by atoms with Crippen LogP contribution in [0.3, 0.4) is 0 Å². The van der Waals surface area contributed by atoms with Gasteiger partial charge in [0.25, 0.3) is 5.91 Å². The lowest BCUT2D eigenvalue weighted by Gasteiger charge is -2.17. The number of hydrogen-bond acceptors (Lipinski definition) is 2. The van der Waals surface area contributed by atoms with Gasteiger partial charge in [-0.3, -0.25) is 4.79 Å². The van der Waals surface area contributed by atoms with Crippen molar-refractivity contribution in [3.05, 3.63) is 65.5 Å². The Hall–Kier alpha value is -2.36. The normalized spacial score (nSPS) is 10.2. The van der Waals surface area contributed by atoms with E-state index in [9.17, 15) is 9.18 Å². The van der Waals surface area contributed by atoms with Crippen LogP contribution in [0.1, 0.15) is 15.9 Å². The SMILES string of the molecule is COc1ccc(C(=O)N(C)Cc2cccc(F)c2)cc1. The molecule has 0 aromatic heterocycles. The van der Waals surface area contributed by atoms with Crippen LogP contribution in [0.2, 0.25) is 0 Å². The molecule has 0 aliphatic carbocycles. The van der Waals surface area contributed by atoms with E-state index in [1.807, 2.05) is 0 Å². The van der Waals surface area contributed by atoms with E-state index in [2.05, 4.69) is 0 Å². The van der Waals surface area contributed by atoms with Crippen LogP contribution in [-0.4, -0.2) is 25.0 Å². The zero-order chi connectivity index (χ0) is 14.5. The van der Waals surface area contributed by atoms with Crippen molar-refractivity contribution in [2.24, 2.45) is 0 Å². The Morgan fingerprint density at radius 2 is 1.90 bits per heavy atom. The topological polar surface area (TPSA) is 29.5 Å². The minimum atomic E-state index is -0.298. The van der Waals surface area contributed by atoms with Crippen molar-refractivity contribution in [2.75, 3.05) is 14.2 Å². The van der Waals surface area contributed by atoms with E-state index < -0.39 is 0 Å². The predicted octanol–water partition coefficient (Wildman–Crippen LogP) is 3.11. The van der Waals surface area contributed by atoms with Crippen molar-refractivity contribution in [2.45, 2.75) is 6.54 Å². The van der Waals surface area contributed by atoms with Gasteiger partial charge in [0.2, 0.25) is 0 Å². The molecule has 0 aliphatic heterocycles. The van der Waals surface area contributed by atoms with Gasteiger partial charge in [-0.2, -0.15) is 0 Å². The fourth-order valence-corrected chi connectivity index (χ4v) is 1.93. The molecule has 20 heavy (non-hydrogen) atoms.